The molecule has 0 unspecified atom stereocenters. The van der Waals surface area contributed by atoms with Gasteiger partial charge in [-0.2, -0.15) is 0 Å². The third-order valence-corrected chi connectivity index (χ3v) is 3.52. The van der Waals surface area contributed by atoms with E-state index in [1.807, 2.05) is 33.8 Å². The Morgan fingerprint density at radius 2 is 2.00 bits per heavy atom. The van der Waals surface area contributed by atoms with Gasteiger partial charge < -0.3 is 10.2 Å². The van der Waals surface area contributed by atoms with E-state index in [9.17, 15) is 9.59 Å². The van der Waals surface area contributed by atoms with Crippen molar-refractivity contribution in [3.63, 3.8) is 0 Å². The van der Waals surface area contributed by atoms with Crippen LogP contribution in [0.2, 0.25) is 0 Å². The van der Waals surface area contributed by atoms with Crippen molar-refractivity contribution >= 4 is 23.6 Å². The number of thioether (sulfide) groups is 1. The molecule has 2 amide bonds. The summed E-state index contributed by atoms with van der Waals surface area (Å²) >= 11 is 1.60. The van der Waals surface area contributed by atoms with Gasteiger partial charge in [-0.25, -0.2) is 0 Å². The number of allylic oxidation sites excluding steroid dienone is 3. The molecule has 0 saturated carbocycles. The topological polar surface area (TPSA) is 49.4 Å². The van der Waals surface area contributed by atoms with Crippen molar-refractivity contribution in [2.75, 3.05) is 11.6 Å². The first-order valence-corrected chi connectivity index (χ1v) is 7.50. The second kappa shape index (κ2) is 6.80. The van der Waals surface area contributed by atoms with E-state index in [1.54, 1.807) is 28.8 Å². The summed E-state index contributed by atoms with van der Waals surface area (Å²) in [5.74, 6) is 1.04. The van der Waals surface area contributed by atoms with Crippen molar-refractivity contribution < 1.29 is 9.59 Å². The number of hydrogen-bond donors (Lipinski definition) is 1. The van der Waals surface area contributed by atoms with Crippen molar-refractivity contribution in [1.29, 1.82) is 0 Å². The van der Waals surface area contributed by atoms with Gasteiger partial charge in [0.25, 0.3) is 0 Å². The van der Waals surface area contributed by atoms with Gasteiger partial charge >= 0.3 is 0 Å². The zero-order valence-electron chi connectivity index (χ0n) is 12.0. The fourth-order valence-corrected chi connectivity index (χ4v) is 2.84. The normalized spacial score (nSPS) is 20.4. The Kier molecular flexibility index (Phi) is 5.66. The molecule has 0 aromatic rings. The molecule has 0 aromatic heterocycles. The van der Waals surface area contributed by atoms with Crippen LogP contribution in [-0.4, -0.2) is 39.9 Å². The molecule has 1 heterocycles. The lowest BCUT2D eigenvalue weighted by Crippen LogP contribution is -2.52. The Labute approximate surface area is 119 Å². The third kappa shape index (κ3) is 5.11. The maximum absolute atomic E-state index is 12.1. The van der Waals surface area contributed by atoms with E-state index in [1.165, 1.54) is 6.08 Å². The number of hydrogen-bond acceptors (Lipinski definition) is 3. The van der Waals surface area contributed by atoms with Crippen LogP contribution in [0, 0.1) is 0 Å². The molecule has 1 saturated heterocycles. The van der Waals surface area contributed by atoms with Gasteiger partial charge in [-0.3, -0.25) is 9.59 Å². The molecule has 1 fully saturated rings. The second-order valence-electron chi connectivity index (χ2n) is 5.45. The first-order valence-electron chi connectivity index (χ1n) is 6.35. The highest BCUT2D eigenvalue weighted by molar-refractivity contribution is 7.99. The standard InChI is InChI=1S/C14H22N2O2S/c1-5-6-7-8-12(17)16-10-19-9-11(16)13(18)15-14(2,3)4/h5-8,11H,9-10H2,1-4H3,(H,15,18)/b6-5+,8-7+/t11-/m0/s1. The van der Waals surface area contributed by atoms with Crippen LogP contribution in [-0.2, 0) is 9.59 Å². The van der Waals surface area contributed by atoms with E-state index in [4.69, 9.17) is 0 Å². The van der Waals surface area contributed by atoms with Crippen molar-refractivity contribution in [2.24, 2.45) is 0 Å². The average molecular weight is 282 g/mol. The minimum Gasteiger partial charge on any atom is -0.350 e. The van der Waals surface area contributed by atoms with Crippen molar-refractivity contribution in [3.8, 4) is 0 Å². The van der Waals surface area contributed by atoms with Gasteiger partial charge in [-0.05, 0) is 27.7 Å². The first-order chi connectivity index (χ1) is 8.85. The maximum Gasteiger partial charge on any atom is 0.247 e. The van der Waals surface area contributed by atoms with E-state index in [0.29, 0.717) is 11.6 Å². The number of rotatable bonds is 3. The lowest BCUT2D eigenvalue weighted by atomic mass is 10.1. The monoisotopic (exact) mass is 282 g/mol. The third-order valence-electron chi connectivity index (χ3n) is 2.51. The number of carbonyl (C=O) groups excluding carboxylic acids is 2. The molecule has 0 aromatic carbocycles. The summed E-state index contributed by atoms with van der Waals surface area (Å²) in [6.45, 7) is 7.70. The van der Waals surface area contributed by atoms with Crippen molar-refractivity contribution in [2.45, 2.75) is 39.3 Å². The minimum atomic E-state index is -0.369. The Morgan fingerprint density at radius 3 is 2.58 bits per heavy atom. The predicted molar refractivity (Wildman–Crippen MR) is 79.8 cm³/mol. The Hall–Kier alpha value is -1.23. The number of carbonyl (C=O) groups is 2. The summed E-state index contributed by atoms with van der Waals surface area (Å²) in [7, 11) is 0. The zero-order chi connectivity index (χ0) is 14.5. The van der Waals surface area contributed by atoms with Crippen LogP contribution in [0.3, 0.4) is 0 Å². The summed E-state index contributed by atoms with van der Waals surface area (Å²) < 4.78 is 0. The van der Waals surface area contributed by atoms with Crippen LogP contribution in [0.1, 0.15) is 27.7 Å². The summed E-state index contributed by atoms with van der Waals surface area (Å²) in [4.78, 5) is 25.8. The molecule has 1 rings (SSSR count). The molecule has 0 aliphatic carbocycles. The Morgan fingerprint density at radius 1 is 1.32 bits per heavy atom. The molecule has 0 radical (unpaired) electrons. The van der Waals surface area contributed by atoms with Gasteiger partial charge in [0.15, 0.2) is 0 Å². The van der Waals surface area contributed by atoms with Crippen LogP contribution in [0.4, 0.5) is 0 Å². The first kappa shape index (κ1) is 15.8. The predicted octanol–water partition coefficient (Wildman–Crippen LogP) is 1.93. The van der Waals surface area contributed by atoms with Crippen LogP contribution >= 0.6 is 11.8 Å². The van der Waals surface area contributed by atoms with E-state index in [-0.39, 0.29) is 23.4 Å². The summed E-state index contributed by atoms with van der Waals surface area (Å²) in [6.07, 6.45) is 6.85. The highest BCUT2D eigenvalue weighted by Crippen LogP contribution is 2.22. The Bertz CT molecular complexity index is 397. The number of nitrogens with zero attached hydrogens (tertiary/aromatic N) is 1. The molecular formula is C14H22N2O2S. The molecule has 0 spiro atoms. The molecule has 1 aliphatic heterocycles. The van der Waals surface area contributed by atoms with Crippen LogP contribution in [0.25, 0.3) is 0 Å². The fraction of sp³-hybridized carbons (Fsp3) is 0.571. The number of amides is 2. The lowest BCUT2D eigenvalue weighted by molar-refractivity contribution is -0.135. The Balaban J connectivity index is 2.68. The second-order valence-corrected chi connectivity index (χ2v) is 6.45. The van der Waals surface area contributed by atoms with Gasteiger partial charge in [0.2, 0.25) is 11.8 Å². The fourth-order valence-electron chi connectivity index (χ4n) is 1.67. The molecule has 4 nitrogen and oxygen atoms in total. The maximum atomic E-state index is 12.1. The summed E-state index contributed by atoms with van der Waals surface area (Å²) in [5.41, 5.74) is -0.278. The van der Waals surface area contributed by atoms with E-state index < -0.39 is 0 Å². The molecule has 1 atom stereocenters. The smallest absolute Gasteiger partial charge is 0.247 e. The van der Waals surface area contributed by atoms with Crippen LogP contribution < -0.4 is 5.32 Å². The average Bonchev–Trinajstić information content (AvgIpc) is 2.75. The summed E-state index contributed by atoms with van der Waals surface area (Å²) in [6, 6.07) is -0.369. The van der Waals surface area contributed by atoms with Gasteiger partial charge in [-0.1, -0.05) is 18.2 Å². The quantitative estimate of drug-likeness (QED) is 0.635. The molecule has 0 bridgehead atoms. The van der Waals surface area contributed by atoms with Gasteiger partial charge in [-0.15, -0.1) is 11.8 Å². The molecular weight excluding hydrogens is 260 g/mol. The molecule has 1 aliphatic rings. The number of nitrogens with one attached hydrogen (secondary N) is 1. The SMILES string of the molecule is C/C=C/C=C/C(=O)N1CSC[C@H]1C(=O)NC(C)(C)C. The zero-order valence-corrected chi connectivity index (χ0v) is 12.8. The van der Waals surface area contributed by atoms with E-state index in [0.717, 1.165) is 0 Å². The van der Waals surface area contributed by atoms with E-state index >= 15 is 0 Å². The minimum absolute atomic E-state index is 0.0784. The molecule has 19 heavy (non-hydrogen) atoms. The van der Waals surface area contributed by atoms with Gasteiger partial charge in [0.05, 0.1) is 5.88 Å². The van der Waals surface area contributed by atoms with Crippen molar-refractivity contribution in [1.82, 2.24) is 10.2 Å². The molecule has 5 heteroatoms. The van der Waals surface area contributed by atoms with Crippen LogP contribution in [0.15, 0.2) is 24.3 Å². The highest BCUT2D eigenvalue weighted by Gasteiger charge is 2.34. The van der Waals surface area contributed by atoms with Crippen molar-refractivity contribution in [3.05, 3.63) is 24.3 Å². The molecule has 1 N–H and O–H groups in total. The summed E-state index contributed by atoms with van der Waals surface area (Å²) in [5, 5.41) is 2.93. The van der Waals surface area contributed by atoms with E-state index in [2.05, 4.69) is 5.32 Å². The van der Waals surface area contributed by atoms with Crippen LogP contribution in [0.5, 0.6) is 0 Å². The molecule has 106 valence electrons. The van der Waals surface area contributed by atoms with Gasteiger partial charge in [0, 0.05) is 17.4 Å². The lowest BCUT2D eigenvalue weighted by Gasteiger charge is -2.27. The van der Waals surface area contributed by atoms with Gasteiger partial charge in [0.1, 0.15) is 6.04 Å². The largest absolute Gasteiger partial charge is 0.350 e. The highest BCUT2D eigenvalue weighted by atomic mass is 32.2.